The lowest BCUT2D eigenvalue weighted by molar-refractivity contribution is 0.346. The molecule has 0 aliphatic carbocycles. The van der Waals surface area contributed by atoms with Gasteiger partial charge < -0.3 is 9.47 Å². The van der Waals surface area contributed by atoms with E-state index >= 15 is 0 Å². The van der Waals surface area contributed by atoms with Crippen LogP contribution in [0.15, 0.2) is 11.0 Å². The first-order valence-corrected chi connectivity index (χ1v) is 8.56. The molecule has 0 N–H and O–H groups in total. The van der Waals surface area contributed by atoms with Crippen LogP contribution in [-0.4, -0.2) is 39.0 Å². The van der Waals surface area contributed by atoms with Gasteiger partial charge in [-0.1, -0.05) is 0 Å². The third-order valence-electron chi connectivity index (χ3n) is 4.27. The zero-order valence-corrected chi connectivity index (χ0v) is 12.0. The molecule has 6 heteroatoms. The van der Waals surface area contributed by atoms with E-state index < -0.39 is 10.0 Å². The second-order valence-corrected chi connectivity index (χ2v) is 7.35. The van der Waals surface area contributed by atoms with Crippen LogP contribution in [0.5, 0.6) is 11.5 Å². The normalized spacial score (nSPS) is 21.4. The molecule has 1 saturated heterocycles. The highest BCUT2D eigenvalue weighted by molar-refractivity contribution is 7.89. The van der Waals surface area contributed by atoms with E-state index in [4.69, 9.17) is 9.47 Å². The average Bonchev–Trinajstić information content (AvgIpc) is 3.15. The van der Waals surface area contributed by atoms with E-state index in [1.165, 1.54) is 0 Å². The van der Waals surface area contributed by atoms with Crippen LogP contribution >= 0.6 is 0 Å². The summed E-state index contributed by atoms with van der Waals surface area (Å²) < 4.78 is 38.7. The smallest absolute Gasteiger partial charge is 0.247 e. The number of sulfonamides is 1. The summed E-state index contributed by atoms with van der Waals surface area (Å²) in [6.07, 6.45) is 3.28. The van der Waals surface area contributed by atoms with Gasteiger partial charge in [0.15, 0.2) is 0 Å². The van der Waals surface area contributed by atoms with Crippen molar-refractivity contribution in [2.75, 3.05) is 26.3 Å². The highest BCUT2D eigenvalue weighted by atomic mass is 32.2. The molecule has 0 aromatic heterocycles. The molecule has 4 rings (SSSR count). The summed E-state index contributed by atoms with van der Waals surface area (Å²) in [6, 6.07) is 1.95. The van der Waals surface area contributed by atoms with Gasteiger partial charge >= 0.3 is 0 Å². The van der Waals surface area contributed by atoms with Crippen molar-refractivity contribution in [2.45, 2.75) is 30.6 Å². The van der Waals surface area contributed by atoms with E-state index in [-0.39, 0.29) is 0 Å². The van der Waals surface area contributed by atoms with Gasteiger partial charge in [0.1, 0.15) is 16.4 Å². The Balaban J connectivity index is 1.93. The summed E-state index contributed by atoms with van der Waals surface area (Å²) in [7, 11) is -3.46. The van der Waals surface area contributed by atoms with E-state index in [1.807, 2.05) is 6.07 Å². The van der Waals surface area contributed by atoms with E-state index in [2.05, 4.69) is 0 Å². The van der Waals surface area contributed by atoms with Gasteiger partial charge in [0.25, 0.3) is 0 Å². The SMILES string of the molecule is O=S(=O)(c1c2c(cc3c1OCC3)OCC2)N1CCCC1. The zero-order chi connectivity index (χ0) is 13.7. The quantitative estimate of drug-likeness (QED) is 0.826. The molecule has 3 heterocycles. The van der Waals surface area contributed by atoms with Gasteiger partial charge in [0.05, 0.1) is 13.2 Å². The summed E-state index contributed by atoms with van der Waals surface area (Å²) in [5.74, 6) is 1.30. The van der Waals surface area contributed by atoms with E-state index in [9.17, 15) is 8.42 Å². The predicted octanol–water partition coefficient (Wildman–Crippen LogP) is 1.34. The highest BCUT2D eigenvalue weighted by Gasteiger charge is 2.37. The molecule has 1 fully saturated rings. The second kappa shape index (κ2) is 4.36. The minimum atomic E-state index is -3.46. The lowest BCUT2D eigenvalue weighted by Gasteiger charge is -2.19. The number of hydrogen-bond donors (Lipinski definition) is 0. The van der Waals surface area contributed by atoms with Gasteiger partial charge in [-0.2, -0.15) is 4.31 Å². The van der Waals surface area contributed by atoms with Crippen LogP contribution < -0.4 is 9.47 Å². The molecule has 0 atom stereocenters. The van der Waals surface area contributed by atoms with Gasteiger partial charge in [-0.05, 0) is 18.9 Å². The number of nitrogens with zero attached hydrogens (tertiary/aromatic N) is 1. The molecule has 1 aromatic rings. The van der Waals surface area contributed by atoms with Crippen molar-refractivity contribution in [2.24, 2.45) is 0 Å². The Morgan fingerprint density at radius 2 is 1.80 bits per heavy atom. The van der Waals surface area contributed by atoms with Crippen molar-refractivity contribution in [3.8, 4) is 11.5 Å². The van der Waals surface area contributed by atoms with Crippen LogP contribution in [0.3, 0.4) is 0 Å². The van der Waals surface area contributed by atoms with E-state index in [1.54, 1.807) is 4.31 Å². The van der Waals surface area contributed by atoms with Gasteiger partial charge in [0.2, 0.25) is 10.0 Å². The fourth-order valence-electron chi connectivity index (χ4n) is 3.27. The highest BCUT2D eigenvalue weighted by Crippen LogP contribution is 2.44. The fourth-order valence-corrected chi connectivity index (χ4v) is 5.21. The van der Waals surface area contributed by atoms with Crippen molar-refractivity contribution in [1.82, 2.24) is 4.31 Å². The van der Waals surface area contributed by atoms with Crippen molar-refractivity contribution in [3.05, 3.63) is 17.2 Å². The van der Waals surface area contributed by atoms with Crippen molar-refractivity contribution >= 4 is 10.0 Å². The lowest BCUT2D eigenvalue weighted by Crippen LogP contribution is -2.29. The summed E-state index contributed by atoms with van der Waals surface area (Å²) in [4.78, 5) is 0.377. The average molecular weight is 295 g/mol. The van der Waals surface area contributed by atoms with Crippen LogP contribution in [0.1, 0.15) is 24.0 Å². The molecular weight excluding hydrogens is 278 g/mol. The zero-order valence-electron chi connectivity index (χ0n) is 11.2. The maximum absolute atomic E-state index is 12.9. The Morgan fingerprint density at radius 3 is 2.60 bits per heavy atom. The summed E-state index contributed by atoms with van der Waals surface area (Å²) >= 11 is 0. The summed E-state index contributed by atoms with van der Waals surface area (Å²) in [5, 5.41) is 0. The molecule has 0 amide bonds. The van der Waals surface area contributed by atoms with Crippen LogP contribution in [0, 0.1) is 0 Å². The largest absolute Gasteiger partial charge is 0.493 e. The fraction of sp³-hybridized carbons (Fsp3) is 0.571. The molecule has 1 aromatic carbocycles. The maximum Gasteiger partial charge on any atom is 0.247 e. The standard InChI is InChI=1S/C14H17NO4S/c16-20(17,15-5-1-2-6-15)14-11-4-8-18-12(11)9-10-3-7-19-13(10)14/h9H,1-8H2. The maximum atomic E-state index is 12.9. The van der Waals surface area contributed by atoms with E-state index in [0.29, 0.717) is 43.4 Å². The van der Waals surface area contributed by atoms with Gasteiger partial charge in [-0.25, -0.2) is 8.42 Å². The van der Waals surface area contributed by atoms with Gasteiger partial charge in [-0.3, -0.25) is 0 Å². The summed E-state index contributed by atoms with van der Waals surface area (Å²) in [6.45, 7) is 2.34. The molecule has 108 valence electrons. The van der Waals surface area contributed by atoms with Crippen molar-refractivity contribution < 1.29 is 17.9 Å². The topological polar surface area (TPSA) is 55.8 Å². The molecule has 0 unspecified atom stereocenters. The first-order chi connectivity index (χ1) is 9.68. The van der Waals surface area contributed by atoms with Crippen LogP contribution in [0.2, 0.25) is 0 Å². The van der Waals surface area contributed by atoms with Crippen LogP contribution in [0.25, 0.3) is 0 Å². The Bertz CT molecular complexity index is 630. The van der Waals surface area contributed by atoms with Crippen LogP contribution in [-0.2, 0) is 22.9 Å². The first kappa shape index (κ1) is 12.5. The van der Waals surface area contributed by atoms with Crippen molar-refractivity contribution in [3.63, 3.8) is 0 Å². The molecule has 20 heavy (non-hydrogen) atoms. The number of ether oxygens (including phenoxy) is 2. The Hall–Kier alpha value is -1.27. The Kier molecular flexibility index (Phi) is 2.72. The molecule has 3 aliphatic rings. The van der Waals surface area contributed by atoms with E-state index in [0.717, 1.165) is 36.1 Å². The third kappa shape index (κ3) is 1.67. The second-order valence-electron chi connectivity index (χ2n) is 5.48. The minimum Gasteiger partial charge on any atom is -0.493 e. The first-order valence-electron chi connectivity index (χ1n) is 7.12. The number of rotatable bonds is 2. The minimum absolute atomic E-state index is 0.377. The monoisotopic (exact) mass is 295 g/mol. The molecule has 5 nitrogen and oxygen atoms in total. The molecule has 0 bridgehead atoms. The van der Waals surface area contributed by atoms with Crippen molar-refractivity contribution in [1.29, 1.82) is 0 Å². The molecule has 0 radical (unpaired) electrons. The van der Waals surface area contributed by atoms with Gasteiger partial charge in [-0.15, -0.1) is 0 Å². The number of benzene rings is 1. The number of fused-ring (bicyclic) bond motifs is 2. The Labute approximate surface area is 118 Å². The Morgan fingerprint density at radius 1 is 1.05 bits per heavy atom. The third-order valence-corrected chi connectivity index (χ3v) is 6.26. The molecule has 3 aliphatic heterocycles. The molecular formula is C14H17NO4S. The molecule has 0 saturated carbocycles. The van der Waals surface area contributed by atoms with Crippen LogP contribution in [0.4, 0.5) is 0 Å². The lowest BCUT2D eigenvalue weighted by atomic mass is 10.1. The van der Waals surface area contributed by atoms with Gasteiger partial charge in [0, 0.05) is 37.1 Å². The number of hydrogen-bond acceptors (Lipinski definition) is 4. The molecule has 0 spiro atoms. The summed E-state index contributed by atoms with van der Waals surface area (Å²) in [5.41, 5.74) is 1.76. The predicted molar refractivity (Wildman–Crippen MR) is 72.8 cm³/mol.